The number of rotatable bonds is 16. The van der Waals surface area contributed by atoms with Gasteiger partial charge in [0.2, 0.25) is 4.93 Å². The fraction of sp³-hybridized carbons (Fsp3) is 0.920. The van der Waals surface area contributed by atoms with E-state index in [9.17, 15) is 50.8 Å². The van der Waals surface area contributed by atoms with Gasteiger partial charge in [0.05, 0.1) is 30.7 Å². The normalized spacial score (nSPS) is 35.9. The molecule has 0 aliphatic carbocycles. The Labute approximate surface area is 266 Å². The van der Waals surface area contributed by atoms with Gasteiger partial charge in [0.15, 0.2) is 6.29 Å². The van der Waals surface area contributed by atoms with E-state index in [1.54, 1.807) is 0 Å². The summed E-state index contributed by atoms with van der Waals surface area (Å²) < 4.78 is 16.9. The third kappa shape index (κ3) is 10.5. The monoisotopic (exact) mass is 621 g/mol. The minimum Gasteiger partial charge on any atom is -0.862 e. The van der Waals surface area contributed by atoms with Crippen LogP contribution in [0.2, 0.25) is 0 Å². The molecule has 0 spiro atoms. The maximum absolute atomic E-state index is 12.6. The van der Waals surface area contributed by atoms with E-state index in [1.807, 2.05) is 0 Å². The summed E-state index contributed by atoms with van der Waals surface area (Å²) >= 11 is 0.419. The molecule has 8 N–H and O–H groups in total. The van der Waals surface area contributed by atoms with E-state index in [2.05, 4.69) is 11.9 Å². The number of unbranched alkanes of at least 4 members (excludes halogenated alkanes) is 5. The van der Waals surface area contributed by atoms with Gasteiger partial charge in [-0.25, -0.2) is 4.79 Å². The van der Waals surface area contributed by atoms with Gasteiger partial charge in [0.25, 0.3) is 0 Å². The molecule has 2 heterocycles. The number of nitrogens with zero attached hydrogens (tertiary/aromatic N) is 1. The fourth-order valence-corrected chi connectivity index (χ4v) is 6.37. The van der Waals surface area contributed by atoms with Crippen molar-refractivity contribution in [3.63, 3.8) is 0 Å². The molecule has 0 radical (unpaired) electrons. The van der Waals surface area contributed by atoms with E-state index < -0.39 is 96.7 Å². The van der Waals surface area contributed by atoms with Crippen LogP contribution in [0.25, 0.3) is 0 Å². The number of carboxylic acids is 1. The topological polar surface area (TPSA) is 242 Å². The quantitative estimate of drug-likeness (QED) is 0.0348. The number of aliphatic carboxylic acids is 1. The van der Waals surface area contributed by atoms with Crippen molar-refractivity contribution in [1.82, 2.24) is 0 Å². The molecule has 0 unspecified atom stereocenters. The van der Waals surface area contributed by atoms with Crippen molar-refractivity contribution >= 4 is 23.6 Å². The van der Waals surface area contributed by atoms with Gasteiger partial charge in [-0.05, 0) is 19.2 Å². The van der Waals surface area contributed by atoms with Crippen LogP contribution in [-0.4, -0.2) is 138 Å². The van der Waals surface area contributed by atoms with Crippen LogP contribution in [0.1, 0.15) is 58.8 Å². The average molecular weight is 622 g/mol. The molecule has 2 aliphatic rings. The van der Waals surface area contributed by atoms with Gasteiger partial charge in [0.1, 0.15) is 36.6 Å². The summed E-state index contributed by atoms with van der Waals surface area (Å²) in [6.07, 6.45) is -7.76. The van der Waals surface area contributed by atoms with Crippen molar-refractivity contribution in [2.45, 2.75) is 124 Å². The van der Waals surface area contributed by atoms with Crippen LogP contribution in [0.4, 0.5) is 0 Å². The number of thioether (sulfide) groups is 1. The Morgan fingerprint density at radius 3 is 2.32 bits per heavy atom. The van der Waals surface area contributed by atoms with Crippen LogP contribution in [0, 0.1) is 0 Å². The van der Waals surface area contributed by atoms with Crippen molar-refractivity contribution in [3.8, 4) is 0 Å². The number of carbonyl (C=O) groups is 1. The molecule has 2 fully saturated rings. The minimum absolute atomic E-state index is 0. The Bertz CT molecular complexity index is 809. The van der Waals surface area contributed by atoms with E-state index in [1.165, 1.54) is 0 Å². The zero-order valence-corrected chi connectivity index (χ0v) is 26.6. The number of hydrogen-bond acceptors (Lipinski definition) is 14. The summed E-state index contributed by atoms with van der Waals surface area (Å²) in [6, 6.07) is -1.48. The summed E-state index contributed by atoms with van der Waals surface area (Å²) in [5.74, 6) is -2.41. The molecule has 14 nitrogen and oxygen atoms in total. The molecule has 0 aromatic rings. The maximum atomic E-state index is 12.6. The SMILES string of the molecule is CCCCCCCCO[C@@H]1O[C@H](CO)[C@H](O)[C@H](S[C@]2(C(=O)O)C[C@H](O)[C@@H](N=C(C)[O-])[C@H]([C@H](O)[C@H](O)CO)O2)[C@H]1O.[Na+]. The second-order valence-corrected chi connectivity index (χ2v) is 11.7. The fourth-order valence-electron chi connectivity index (χ4n) is 4.82. The first-order chi connectivity index (χ1) is 18.9. The van der Waals surface area contributed by atoms with Crippen molar-refractivity contribution < 1.29 is 94.5 Å². The Kier molecular flexibility index (Phi) is 17.7. The number of aliphatic imine (C=N–C) groups is 1. The van der Waals surface area contributed by atoms with Crippen LogP contribution in [-0.2, 0) is 19.0 Å². The molecule has 0 saturated carbocycles. The van der Waals surface area contributed by atoms with Crippen LogP contribution >= 0.6 is 11.8 Å². The second kappa shape index (κ2) is 18.6. The molecular weight excluding hydrogens is 577 g/mol. The van der Waals surface area contributed by atoms with E-state index in [0.29, 0.717) is 18.2 Å². The molecule has 2 aliphatic heterocycles. The third-order valence-electron chi connectivity index (χ3n) is 7.04. The summed E-state index contributed by atoms with van der Waals surface area (Å²) in [5.41, 5.74) is 0. The first kappa shape index (κ1) is 38.9. The predicted molar refractivity (Wildman–Crippen MR) is 140 cm³/mol. The summed E-state index contributed by atoms with van der Waals surface area (Å²) in [4.78, 5) is 13.9. The number of aliphatic hydroxyl groups excluding tert-OH is 7. The Balaban J connectivity index is 0.00000840. The van der Waals surface area contributed by atoms with Gasteiger partial charge < -0.3 is 60.2 Å². The minimum atomic E-state index is -2.42. The van der Waals surface area contributed by atoms with Gasteiger partial charge >= 0.3 is 35.5 Å². The molecule has 234 valence electrons. The van der Waals surface area contributed by atoms with E-state index >= 15 is 0 Å². The van der Waals surface area contributed by atoms with Crippen LogP contribution in [0.15, 0.2) is 4.99 Å². The van der Waals surface area contributed by atoms with Crippen molar-refractivity contribution in [2.75, 3.05) is 19.8 Å². The zero-order chi connectivity index (χ0) is 30.0. The van der Waals surface area contributed by atoms with Gasteiger partial charge in [0, 0.05) is 13.0 Å². The standard InChI is InChI=1S/C25H45NO13S.Na/c1-3-4-5-6-7-8-9-37-23-20(34)22(19(33)16(12-28)38-23)40-25(24(35)36)10-14(30)17(26-13(2)29)21(39-25)18(32)15(31)11-27;/h14-23,27-28,30-34H,3-12H2,1-2H3,(H,26,29)(H,35,36);/q;+1/p-1/t14-,15+,16+,17+,18+,19-,20+,21+,22-,23+,25-;/m0./s1. The molecule has 0 aromatic heterocycles. The Morgan fingerprint density at radius 1 is 1.12 bits per heavy atom. The van der Waals surface area contributed by atoms with Crippen molar-refractivity contribution in [1.29, 1.82) is 0 Å². The summed E-state index contributed by atoms with van der Waals surface area (Å²) in [7, 11) is 0. The van der Waals surface area contributed by atoms with E-state index in [0.717, 1.165) is 39.0 Å². The van der Waals surface area contributed by atoms with Crippen LogP contribution < -0.4 is 34.7 Å². The first-order valence-electron chi connectivity index (χ1n) is 13.6. The van der Waals surface area contributed by atoms with Gasteiger partial charge in [-0.2, -0.15) is 0 Å². The van der Waals surface area contributed by atoms with Crippen molar-refractivity contribution in [2.24, 2.45) is 4.99 Å². The number of hydrogen-bond donors (Lipinski definition) is 8. The summed E-state index contributed by atoms with van der Waals surface area (Å²) in [6.45, 7) is 1.78. The average Bonchev–Trinajstić information content (AvgIpc) is 2.91. The molecular formula is C25H44NNaO13S. The molecule has 16 heteroatoms. The molecule has 2 saturated heterocycles. The smallest absolute Gasteiger partial charge is 0.862 e. The Morgan fingerprint density at radius 2 is 1.76 bits per heavy atom. The third-order valence-corrected chi connectivity index (χ3v) is 8.69. The molecule has 2 rings (SSSR count). The maximum Gasteiger partial charge on any atom is 1.00 e. The first-order valence-corrected chi connectivity index (χ1v) is 14.5. The van der Waals surface area contributed by atoms with Gasteiger partial charge in [-0.3, -0.25) is 4.99 Å². The predicted octanol–water partition coefficient (Wildman–Crippen LogP) is -5.30. The van der Waals surface area contributed by atoms with Gasteiger partial charge in [-0.15, -0.1) is 11.8 Å². The molecule has 11 atom stereocenters. The number of carboxylic acid groups (broad SMARTS) is 1. The molecule has 41 heavy (non-hydrogen) atoms. The number of ether oxygens (including phenoxy) is 3. The van der Waals surface area contributed by atoms with Crippen LogP contribution in [0.3, 0.4) is 0 Å². The van der Waals surface area contributed by atoms with Crippen molar-refractivity contribution in [3.05, 3.63) is 0 Å². The zero-order valence-electron chi connectivity index (χ0n) is 23.8. The van der Waals surface area contributed by atoms with E-state index in [4.69, 9.17) is 14.2 Å². The van der Waals surface area contributed by atoms with Gasteiger partial charge in [-0.1, -0.05) is 39.0 Å². The second-order valence-electron chi connectivity index (χ2n) is 10.2. The molecule has 0 aromatic carbocycles. The number of aliphatic hydroxyl groups is 7. The van der Waals surface area contributed by atoms with E-state index in [-0.39, 0.29) is 36.2 Å². The largest absolute Gasteiger partial charge is 1.00 e. The molecule has 0 amide bonds. The molecule has 0 bridgehead atoms. The van der Waals surface area contributed by atoms with Crippen LogP contribution in [0.5, 0.6) is 0 Å². The Hall–Kier alpha value is -0.110. The summed E-state index contributed by atoms with van der Waals surface area (Å²) in [5, 5.41) is 92.9.